The molecule has 0 bridgehead atoms. The quantitative estimate of drug-likeness (QED) is 0.783. The zero-order valence-electron chi connectivity index (χ0n) is 9.82. The highest BCUT2D eigenvalue weighted by atomic mass is 32.2. The van der Waals surface area contributed by atoms with Crippen molar-refractivity contribution in [2.45, 2.75) is 44.7 Å². The van der Waals surface area contributed by atoms with E-state index in [0.717, 1.165) is 12.0 Å². The minimum absolute atomic E-state index is 0.461. The molecule has 0 saturated carbocycles. The van der Waals surface area contributed by atoms with Gasteiger partial charge in [-0.1, -0.05) is 13.3 Å². The van der Waals surface area contributed by atoms with Crippen molar-refractivity contribution >= 4 is 11.8 Å². The predicted molar refractivity (Wildman–Crippen MR) is 68.3 cm³/mol. The summed E-state index contributed by atoms with van der Waals surface area (Å²) in [5.74, 6) is 3.47. The molecule has 0 spiro atoms. The van der Waals surface area contributed by atoms with Crippen molar-refractivity contribution in [2.24, 2.45) is 11.7 Å². The van der Waals surface area contributed by atoms with E-state index in [9.17, 15) is 0 Å². The van der Waals surface area contributed by atoms with Gasteiger partial charge in [0.15, 0.2) is 0 Å². The number of nitrogens with zero attached hydrogens (tertiary/aromatic N) is 1. The van der Waals surface area contributed by atoms with Gasteiger partial charge in [-0.2, -0.15) is 11.8 Å². The van der Waals surface area contributed by atoms with Crippen molar-refractivity contribution in [3.8, 4) is 0 Å². The van der Waals surface area contributed by atoms with Gasteiger partial charge in [-0.15, -0.1) is 0 Å². The average molecular weight is 228 g/mol. The van der Waals surface area contributed by atoms with Crippen LogP contribution in [-0.4, -0.2) is 41.6 Å². The second-order valence-electron chi connectivity index (χ2n) is 4.99. The van der Waals surface area contributed by atoms with Crippen LogP contribution in [-0.2, 0) is 0 Å². The molecule has 88 valence electrons. The molecule has 2 rings (SSSR count). The molecule has 3 unspecified atom stereocenters. The highest BCUT2D eigenvalue weighted by molar-refractivity contribution is 7.99. The van der Waals surface area contributed by atoms with Crippen LogP contribution >= 0.6 is 11.8 Å². The molecule has 0 aromatic heterocycles. The summed E-state index contributed by atoms with van der Waals surface area (Å²) in [7, 11) is 0. The van der Waals surface area contributed by atoms with Crippen LogP contribution in [0.5, 0.6) is 0 Å². The molecule has 2 fully saturated rings. The van der Waals surface area contributed by atoms with Crippen LogP contribution in [0.1, 0.15) is 32.6 Å². The smallest absolute Gasteiger partial charge is 0.0186 e. The molecular formula is C12H24N2S. The Morgan fingerprint density at radius 1 is 1.40 bits per heavy atom. The van der Waals surface area contributed by atoms with Crippen molar-refractivity contribution < 1.29 is 0 Å². The maximum atomic E-state index is 6.15. The van der Waals surface area contributed by atoms with Crippen LogP contribution in [0.15, 0.2) is 0 Å². The molecule has 15 heavy (non-hydrogen) atoms. The third-order valence-corrected chi connectivity index (χ3v) is 5.20. The molecule has 0 amide bonds. The molecule has 2 N–H and O–H groups in total. The maximum absolute atomic E-state index is 6.15. The number of rotatable bonds is 2. The third-order valence-electron chi connectivity index (χ3n) is 4.00. The van der Waals surface area contributed by atoms with Gasteiger partial charge in [0.25, 0.3) is 0 Å². The highest BCUT2D eigenvalue weighted by Gasteiger charge is 2.30. The number of thioether (sulfide) groups is 1. The number of likely N-dealkylation sites (tertiary alicyclic amines) is 1. The van der Waals surface area contributed by atoms with Gasteiger partial charge < -0.3 is 5.73 Å². The molecule has 2 nitrogen and oxygen atoms in total. The van der Waals surface area contributed by atoms with Gasteiger partial charge >= 0.3 is 0 Å². The van der Waals surface area contributed by atoms with E-state index in [2.05, 4.69) is 23.6 Å². The fourth-order valence-corrected chi connectivity index (χ4v) is 4.04. The maximum Gasteiger partial charge on any atom is 0.0186 e. The standard InChI is InChI=1S/C12H24N2S/c1-2-10-8-14(6-5-12(10)13)11-4-3-7-15-9-11/h10-12H,2-9,13H2,1H3. The normalized spacial score (nSPS) is 39.2. The van der Waals surface area contributed by atoms with Crippen LogP contribution in [0.4, 0.5) is 0 Å². The van der Waals surface area contributed by atoms with E-state index in [0.29, 0.717) is 6.04 Å². The van der Waals surface area contributed by atoms with E-state index in [1.54, 1.807) is 0 Å². The van der Waals surface area contributed by atoms with Crippen molar-refractivity contribution in [2.75, 3.05) is 24.6 Å². The fourth-order valence-electron chi connectivity index (χ4n) is 2.85. The number of nitrogens with two attached hydrogens (primary N) is 1. The summed E-state index contributed by atoms with van der Waals surface area (Å²) in [6, 6.07) is 1.31. The first-order valence-corrected chi connectivity index (χ1v) is 7.54. The molecule has 0 radical (unpaired) electrons. The minimum atomic E-state index is 0.461. The van der Waals surface area contributed by atoms with Crippen LogP contribution in [0.2, 0.25) is 0 Å². The fraction of sp³-hybridized carbons (Fsp3) is 1.00. The van der Waals surface area contributed by atoms with Crippen LogP contribution in [0.25, 0.3) is 0 Å². The Kier molecular flexibility index (Phi) is 4.35. The van der Waals surface area contributed by atoms with Crippen molar-refractivity contribution in [1.29, 1.82) is 0 Å². The summed E-state index contributed by atoms with van der Waals surface area (Å²) < 4.78 is 0. The largest absolute Gasteiger partial charge is 0.327 e. The number of hydrogen-bond donors (Lipinski definition) is 1. The molecule has 2 aliphatic heterocycles. The first-order valence-electron chi connectivity index (χ1n) is 6.38. The molecule has 3 atom stereocenters. The topological polar surface area (TPSA) is 29.3 Å². The zero-order valence-corrected chi connectivity index (χ0v) is 10.6. The van der Waals surface area contributed by atoms with Gasteiger partial charge in [0, 0.05) is 24.4 Å². The Morgan fingerprint density at radius 2 is 2.27 bits per heavy atom. The summed E-state index contributed by atoms with van der Waals surface area (Å²) in [6.45, 7) is 4.77. The monoisotopic (exact) mass is 228 g/mol. The van der Waals surface area contributed by atoms with E-state index >= 15 is 0 Å². The molecule has 2 saturated heterocycles. The van der Waals surface area contributed by atoms with Crippen molar-refractivity contribution in [1.82, 2.24) is 4.90 Å². The molecule has 0 aromatic rings. The lowest BCUT2D eigenvalue weighted by Gasteiger charge is -2.42. The Bertz CT molecular complexity index is 192. The van der Waals surface area contributed by atoms with Gasteiger partial charge in [-0.3, -0.25) is 4.90 Å². The lowest BCUT2D eigenvalue weighted by molar-refractivity contribution is 0.110. The zero-order chi connectivity index (χ0) is 10.7. The first-order chi connectivity index (χ1) is 7.31. The summed E-state index contributed by atoms with van der Waals surface area (Å²) in [6.07, 6.45) is 5.28. The van der Waals surface area contributed by atoms with E-state index in [-0.39, 0.29) is 0 Å². The highest BCUT2D eigenvalue weighted by Crippen LogP contribution is 2.26. The van der Waals surface area contributed by atoms with Gasteiger partial charge in [-0.05, 0) is 37.5 Å². The second kappa shape index (κ2) is 5.55. The summed E-state index contributed by atoms with van der Waals surface area (Å²) >= 11 is 2.13. The molecule has 0 aromatic carbocycles. The van der Waals surface area contributed by atoms with Crippen LogP contribution < -0.4 is 5.73 Å². The van der Waals surface area contributed by atoms with Gasteiger partial charge in [0.05, 0.1) is 0 Å². The minimum Gasteiger partial charge on any atom is -0.327 e. The lowest BCUT2D eigenvalue weighted by Crippen LogP contribution is -2.51. The van der Waals surface area contributed by atoms with Crippen LogP contribution in [0.3, 0.4) is 0 Å². The lowest BCUT2D eigenvalue weighted by atomic mass is 9.89. The Balaban J connectivity index is 1.87. The summed E-state index contributed by atoms with van der Waals surface area (Å²) in [5.41, 5.74) is 6.15. The SMILES string of the molecule is CCC1CN(C2CCCSC2)CCC1N. The molecule has 0 aliphatic carbocycles. The molecule has 2 aliphatic rings. The van der Waals surface area contributed by atoms with Crippen LogP contribution in [0, 0.1) is 5.92 Å². The van der Waals surface area contributed by atoms with E-state index in [1.807, 2.05) is 0 Å². The van der Waals surface area contributed by atoms with Crippen molar-refractivity contribution in [3.63, 3.8) is 0 Å². The Morgan fingerprint density at radius 3 is 2.93 bits per heavy atom. The molecule has 2 heterocycles. The van der Waals surface area contributed by atoms with E-state index in [4.69, 9.17) is 5.73 Å². The van der Waals surface area contributed by atoms with Gasteiger partial charge in [0.1, 0.15) is 0 Å². The third kappa shape index (κ3) is 2.89. The van der Waals surface area contributed by atoms with Crippen molar-refractivity contribution in [3.05, 3.63) is 0 Å². The first kappa shape index (κ1) is 11.7. The summed E-state index contributed by atoms with van der Waals surface area (Å²) in [4.78, 5) is 2.71. The number of hydrogen-bond acceptors (Lipinski definition) is 3. The summed E-state index contributed by atoms with van der Waals surface area (Å²) in [5, 5.41) is 0. The second-order valence-corrected chi connectivity index (χ2v) is 6.14. The van der Waals surface area contributed by atoms with E-state index in [1.165, 1.54) is 50.3 Å². The number of piperidine rings is 1. The molecule has 3 heteroatoms. The van der Waals surface area contributed by atoms with E-state index < -0.39 is 0 Å². The van der Waals surface area contributed by atoms with Gasteiger partial charge in [-0.25, -0.2) is 0 Å². The Hall–Kier alpha value is 0.270. The predicted octanol–water partition coefficient (Wildman–Crippen LogP) is 1.94. The van der Waals surface area contributed by atoms with Gasteiger partial charge in [0.2, 0.25) is 0 Å². The average Bonchev–Trinajstić information content (AvgIpc) is 2.31. The molecular weight excluding hydrogens is 204 g/mol. The Labute approximate surface area is 98.0 Å².